The third-order valence-corrected chi connectivity index (χ3v) is 16.4. The molecular weight excluding hydrogens is 1340 g/mol. The number of rotatable bonds is 19. The topological polar surface area (TPSA) is 444 Å². The van der Waals surface area contributed by atoms with E-state index in [-0.39, 0.29) is 102 Å². The fraction of sp³-hybridized carbons (Fsp3) is 0.388. The van der Waals surface area contributed by atoms with Gasteiger partial charge in [-0.05, 0) is 169 Å². The zero-order valence-electron chi connectivity index (χ0n) is 62.7. The SMILES string of the molecule is C=O.CC(C)=CCC1=C(C)C(=O)C(=O)C(C)=C1O.CC(C)=CCC1=C(C)C(=O)C(=O)C(C)=C1O.CC(C)=CCC1=C(C)C(=O)C(=O)C(CO)=C1O.CC(C)=CCC1=C(C)C(=O)C(CO)=C(CO)C1=O.CC(C)=CCC1=C(O)C(CO)=C(CO)C(=O)C1=O.CC(C)=CCC1=CC(=O)C(CO)=C(CO)C1=O. The number of aliphatic hydroxyl groups excluding tert-OH is 11. The van der Waals surface area contributed by atoms with Crippen LogP contribution in [0, 0.1) is 0 Å². The van der Waals surface area contributed by atoms with Gasteiger partial charge in [0.2, 0.25) is 46.3 Å². The van der Waals surface area contributed by atoms with Gasteiger partial charge in [0.15, 0.2) is 23.1 Å². The van der Waals surface area contributed by atoms with Gasteiger partial charge in [-0.3, -0.25) is 57.5 Å². The minimum Gasteiger partial charge on any atom is -0.507 e. The first-order valence-electron chi connectivity index (χ1n) is 32.7. The molecule has 0 aromatic carbocycles. The van der Waals surface area contributed by atoms with Crippen molar-refractivity contribution >= 4 is 76.2 Å². The van der Waals surface area contributed by atoms with Crippen molar-refractivity contribution in [2.75, 3.05) is 46.2 Å². The minimum atomic E-state index is -0.864. The molecule has 6 aliphatic rings. The molecule has 0 amide bonds. The molecule has 0 spiro atoms. The Morgan fingerprint density at radius 1 is 0.250 bits per heavy atom. The molecule has 0 bridgehead atoms. The highest BCUT2D eigenvalue weighted by molar-refractivity contribution is 6.52. The number of ketones is 12. The fourth-order valence-electron chi connectivity index (χ4n) is 9.85. The number of Topliss-reactive ketones (excluding diaryl/α,β-unsaturated/α-hetero) is 11. The van der Waals surface area contributed by atoms with Gasteiger partial charge >= 0.3 is 0 Å². The summed E-state index contributed by atoms with van der Waals surface area (Å²) in [6.07, 6.45) is 14.6. The number of hydrogen-bond acceptors (Lipinski definition) is 24. The molecule has 24 heteroatoms. The normalized spacial score (nSPS) is 16.3. The fourth-order valence-corrected chi connectivity index (χ4v) is 9.85. The summed E-state index contributed by atoms with van der Waals surface area (Å²) in [4.78, 5) is 148. The summed E-state index contributed by atoms with van der Waals surface area (Å²) >= 11 is 0. The average molecular weight is 1450 g/mol. The standard InChI is InChI=1S/C14H18O4.C13H16O5.2C13H16O4.2C13H16O3.CH2O/c1-8(2)4-5-10-9(3)13(17)11(6-15)12(7-16)14(10)18;1-7(2)3-4-8-11(16)9(5-14)10(6-15)13(18)12(8)17;1-7(2)4-5-9-8(3)11(15)13(17)10(6-14)12(9)16;1-8(2)3-4-9-5-12(16)10(6-14)11(7-15)13(9)17;2*1-7(2)5-6-10-8(3)12(15)13(16)9(4)11(10)14;1-2/h4,15-16H,5-7H2,1-3H3;3,14-16H,4-6H2,1-2H3;4,14,16H,5-6H2,1-3H3;3,5,14-15H,4,6-7H2,1-2H3;2*5,14H,6H2,1-4H3;1H2. The lowest BCUT2D eigenvalue weighted by Gasteiger charge is -2.19. The molecule has 0 aromatic rings. The molecule has 0 aromatic heterocycles. The van der Waals surface area contributed by atoms with Crippen LogP contribution in [-0.4, -0.2) is 179 Å². The van der Waals surface area contributed by atoms with Crippen LogP contribution in [0.1, 0.15) is 163 Å². The van der Waals surface area contributed by atoms with Crippen molar-refractivity contribution in [2.24, 2.45) is 0 Å². The molecule has 104 heavy (non-hydrogen) atoms. The van der Waals surface area contributed by atoms with Crippen LogP contribution in [0.4, 0.5) is 0 Å². The van der Waals surface area contributed by atoms with Crippen molar-refractivity contribution < 1.29 is 119 Å². The number of allylic oxidation sites excluding steroid dienone is 25. The summed E-state index contributed by atoms with van der Waals surface area (Å²) in [5.41, 5.74) is 9.70. The highest BCUT2D eigenvalue weighted by Crippen LogP contribution is 2.32. The summed E-state index contributed by atoms with van der Waals surface area (Å²) in [6, 6.07) is 0. The van der Waals surface area contributed by atoms with E-state index >= 15 is 0 Å². The van der Waals surface area contributed by atoms with Crippen LogP contribution >= 0.6 is 0 Å². The first-order valence-corrected chi connectivity index (χ1v) is 32.7. The molecule has 0 atom stereocenters. The third-order valence-electron chi connectivity index (χ3n) is 16.4. The Balaban J connectivity index is 0.00000122. The zero-order chi connectivity index (χ0) is 80.8. The van der Waals surface area contributed by atoms with Gasteiger partial charge in [-0.25, -0.2) is 0 Å². The summed E-state index contributed by atoms with van der Waals surface area (Å²) in [7, 11) is 0. The van der Waals surface area contributed by atoms with Crippen LogP contribution in [0.15, 0.2) is 205 Å². The third kappa shape index (κ3) is 25.1. The summed E-state index contributed by atoms with van der Waals surface area (Å²) < 4.78 is 0. The Labute approximate surface area is 606 Å². The van der Waals surface area contributed by atoms with Gasteiger partial charge in [0.1, 0.15) is 29.8 Å². The second kappa shape index (κ2) is 44.5. The molecule has 0 fully saturated rings. The Bertz CT molecular complexity index is 4020. The van der Waals surface area contributed by atoms with Gasteiger partial charge in [-0.1, -0.05) is 69.9 Å². The van der Waals surface area contributed by atoms with Crippen LogP contribution in [0.2, 0.25) is 0 Å². The van der Waals surface area contributed by atoms with E-state index in [9.17, 15) is 83.1 Å². The van der Waals surface area contributed by atoms with Gasteiger partial charge in [0, 0.05) is 100 Å². The highest BCUT2D eigenvalue weighted by atomic mass is 16.3. The van der Waals surface area contributed by atoms with E-state index in [0.717, 1.165) is 33.4 Å². The van der Waals surface area contributed by atoms with Gasteiger partial charge in [-0.2, -0.15) is 0 Å². The first-order chi connectivity index (χ1) is 48.5. The lowest BCUT2D eigenvalue weighted by atomic mass is 9.83. The molecule has 0 saturated heterocycles. The average Bonchev–Trinajstić information content (AvgIpc) is 0.815. The van der Waals surface area contributed by atoms with E-state index in [1.165, 1.54) is 26.8 Å². The second-order valence-electron chi connectivity index (χ2n) is 25.6. The van der Waals surface area contributed by atoms with E-state index in [1.807, 2.05) is 120 Å². The number of carbonyl (C=O) groups is 13. The maximum Gasteiger partial charge on any atom is 0.235 e. The van der Waals surface area contributed by atoms with E-state index in [4.69, 9.17) is 35.4 Å². The predicted molar refractivity (Wildman–Crippen MR) is 391 cm³/mol. The lowest BCUT2D eigenvalue weighted by Crippen LogP contribution is -2.28. The molecule has 6 rings (SSSR count). The van der Waals surface area contributed by atoms with Crippen molar-refractivity contribution in [2.45, 2.75) is 163 Å². The highest BCUT2D eigenvalue weighted by Gasteiger charge is 2.36. The quantitative estimate of drug-likeness (QED) is 0.0248. The van der Waals surface area contributed by atoms with E-state index in [0.29, 0.717) is 76.7 Å². The summed E-state index contributed by atoms with van der Waals surface area (Å²) in [6.45, 7) is 30.1. The Kier molecular flexibility index (Phi) is 40.2. The monoisotopic (exact) mass is 1440 g/mol. The molecule has 0 unspecified atom stereocenters. The maximum absolute atomic E-state index is 12.1. The molecule has 0 radical (unpaired) electrons. The van der Waals surface area contributed by atoms with Gasteiger partial charge < -0.3 is 61.0 Å². The van der Waals surface area contributed by atoms with Gasteiger partial charge in [0.25, 0.3) is 0 Å². The molecule has 11 N–H and O–H groups in total. The van der Waals surface area contributed by atoms with Crippen molar-refractivity contribution in [3.8, 4) is 0 Å². The maximum atomic E-state index is 12.1. The Hall–Kier alpha value is -10.1. The number of aliphatic hydroxyl groups is 11. The van der Waals surface area contributed by atoms with E-state index in [2.05, 4.69) is 0 Å². The smallest absolute Gasteiger partial charge is 0.235 e. The van der Waals surface area contributed by atoms with Gasteiger partial charge in [0.05, 0.1) is 51.8 Å². The molecule has 6 aliphatic carbocycles. The van der Waals surface area contributed by atoms with Crippen LogP contribution in [0.25, 0.3) is 0 Å². The predicted octanol–water partition coefficient (Wildman–Crippen LogP) is 9.10. The van der Waals surface area contributed by atoms with E-state index < -0.39 is 104 Å². The zero-order valence-corrected chi connectivity index (χ0v) is 62.7. The van der Waals surface area contributed by atoms with Crippen molar-refractivity contribution in [1.29, 1.82) is 0 Å². The second-order valence-corrected chi connectivity index (χ2v) is 25.6. The molecular formula is C80H100O24. The Morgan fingerprint density at radius 2 is 0.481 bits per heavy atom. The summed E-state index contributed by atoms with van der Waals surface area (Å²) in [5.74, 6) is -7.55. The van der Waals surface area contributed by atoms with Crippen LogP contribution in [0.5, 0.6) is 0 Å². The first kappa shape index (κ1) is 93.9. The van der Waals surface area contributed by atoms with E-state index in [1.54, 1.807) is 26.8 Å². The van der Waals surface area contributed by atoms with Crippen LogP contribution < -0.4 is 0 Å². The van der Waals surface area contributed by atoms with Gasteiger partial charge in [-0.15, -0.1) is 0 Å². The van der Waals surface area contributed by atoms with Crippen molar-refractivity contribution in [3.05, 3.63) is 205 Å². The number of hydrogen-bond donors (Lipinski definition) is 11. The molecule has 0 heterocycles. The molecule has 24 nitrogen and oxygen atoms in total. The van der Waals surface area contributed by atoms with Crippen LogP contribution in [-0.2, 0) is 62.3 Å². The van der Waals surface area contributed by atoms with Crippen LogP contribution in [0.3, 0.4) is 0 Å². The van der Waals surface area contributed by atoms with Crippen molar-refractivity contribution in [3.63, 3.8) is 0 Å². The molecule has 564 valence electrons. The largest absolute Gasteiger partial charge is 0.507 e. The molecule has 0 saturated carbocycles. The number of carbonyl (C=O) groups excluding carboxylic acids is 13. The Morgan fingerprint density at radius 3 is 0.817 bits per heavy atom. The van der Waals surface area contributed by atoms with Crippen molar-refractivity contribution in [1.82, 2.24) is 0 Å². The molecule has 0 aliphatic heterocycles. The minimum absolute atomic E-state index is 0.00144. The lowest BCUT2D eigenvalue weighted by molar-refractivity contribution is -0.132. The summed E-state index contributed by atoms with van der Waals surface area (Å²) in [5, 5.41) is 103.